The average molecular weight is 384 g/mol. The summed E-state index contributed by atoms with van der Waals surface area (Å²) in [7, 11) is 2.91. The normalized spacial score (nSPS) is 10.1. The summed E-state index contributed by atoms with van der Waals surface area (Å²) in [5, 5.41) is 2.72. The van der Waals surface area contributed by atoms with Crippen LogP contribution in [-0.4, -0.2) is 50.0 Å². The fourth-order valence-corrected chi connectivity index (χ4v) is 2.62. The number of carbonyl (C=O) groups excluding carboxylic acids is 3. The number of esters is 1. The molecule has 7 heteroatoms. The van der Waals surface area contributed by atoms with E-state index in [9.17, 15) is 14.4 Å². The van der Waals surface area contributed by atoms with Crippen molar-refractivity contribution in [3.8, 4) is 5.75 Å². The van der Waals surface area contributed by atoms with Crippen LogP contribution in [0.25, 0.3) is 0 Å². The maximum Gasteiger partial charge on any atom is 0.337 e. The lowest BCUT2D eigenvalue weighted by molar-refractivity contribution is -0.132. The highest BCUT2D eigenvalue weighted by Gasteiger charge is 2.14. The summed E-state index contributed by atoms with van der Waals surface area (Å²) in [5.74, 6) is -0.191. The second-order valence-electron chi connectivity index (χ2n) is 6.16. The van der Waals surface area contributed by atoms with Gasteiger partial charge in [-0.1, -0.05) is 12.1 Å². The van der Waals surface area contributed by atoms with E-state index in [2.05, 4.69) is 10.1 Å². The lowest BCUT2D eigenvalue weighted by atomic mass is 10.1. The SMILES string of the molecule is COC(=O)c1ccc(NC(=O)CN(CCc2cccc(OC)c2)C(C)=O)cc1. The third-order valence-electron chi connectivity index (χ3n) is 4.17. The van der Waals surface area contributed by atoms with Crippen molar-refractivity contribution >= 4 is 23.5 Å². The van der Waals surface area contributed by atoms with Crippen LogP contribution < -0.4 is 10.1 Å². The highest BCUT2D eigenvalue weighted by atomic mass is 16.5. The van der Waals surface area contributed by atoms with Crippen molar-refractivity contribution in [3.05, 3.63) is 59.7 Å². The van der Waals surface area contributed by atoms with Gasteiger partial charge in [0.25, 0.3) is 0 Å². The summed E-state index contributed by atoms with van der Waals surface area (Å²) in [6.45, 7) is 1.79. The molecule has 0 spiro atoms. The second kappa shape index (κ2) is 10.1. The summed E-state index contributed by atoms with van der Waals surface area (Å²) < 4.78 is 9.83. The molecule has 0 aliphatic rings. The van der Waals surface area contributed by atoms with Gasteiger partial charge in [-0.15, -0.1) is 0 Å². The van der Waals surface area contributed by atoms with Crippen LogP contribution in [0.4, 0.5) is 5.69 Å². The zero-order valence-electron chi connectivity index (χ0n) is 16.2. The molecule has 0 aliphatic carbocycles. The monoisotopic (exact) mass is 384 g/mol. The number of hydrogen-bond acceptors (Lipinski definition) is 5. The van der Waals surface area contributed by atoms with Gasteiger partial charge in [0.05, 0.1) is 26.3 Å². The first kappa shape index (κ1) is 21.0. The van der Waals surface area contributed by atoms with Gasteiger partial charge in [0.15, 0.2) is 0 Å². The van der Waals surface area contributed by atoms with Crippen LogP contribution >= 0.6 is 0 Å². The van der Waals surface area contributed by atoms with E-state index < -0.39 is 5.97 Å². The Balaban J connectivity index is 1.92. The molecule has 0 atom stereocenters. The Morgan fingerprint density at radius 1 is 1.04 bits per heavy atom. The van der Waals surface area contributed by atoms with Crippen LogP contribution in [0.2, 0.25) is 0 Å². The minimum absolute atomic E-state index is 0.0575. The molecular formula is C21H24N2O5. The first-order valence-electron chi connectivity index (χ1n) is 8.79. The molecule has 0 saturated heterocycles. The lowest BCUT2D eigenvalue weighted by Gasteiger charge is -2.20. The molecule has 2 aromatic carbocycles. The van der Waals surface area contributed by atoms with Crippen molar-refractivity contribution in [3.63, 3.8) is 0 Å². The Labute approximate surface area is 164 Å². The van der Waals surface area contributed by atoms with Crippen molar-refractivity contribution in [2.24, 2.45) is 0 Å². The first-order valence-corrected chi connectivity index (χ1v) is 8.79. The number of benzene rings is 2. The van der Waals surface area contributed by atoms with E-state index >= 15 is 0 Å². The summed E-state index contributed by atoms with van der Waals surface area (Å²) >= 11 is 0. The topological polar surface area (TPSA) is 84.9 Å². The number of carbonyl (C=O) groups is 3. The van der Waals surface area contributed by atoms with Gasteiger partial charge in [0, 0.05) is 19.2 Å². The molecule has 0 radical (unpaired) electrons. The Morgan fingerprint density at radius 2 is 1.75 bits per heavy atom. The van der Waals surface area contributed by atoms with Crippen molar-refractivity contribution < 1.29 is 23.9 Å². The third kappa shape index (κ3) is 6.12. The van der Waals surface area contributed by atoms with Gasteiger partial charge in [0.2, 0.25) is 11.8 Å². The summed E-state index contributed by atoms with van der Waals surface area (Å²) in [6, 6.07) is 13.9. The summed E-state index contributed by atoms with van der Waals surface area (Å²) in [4.78, 5) is 37.1. The van der Waals surface area contributed by atoms with E-state index in [-0.39, 0.29) is 18.4 Å². The van der Waals surface area contributed by atoms with Crippen LogP contribution in [0.5, 0.6) is 5.75 Å². The molecule has 0 fully saturated rings. The number of hydrogen-bond donors (Lipinski definition) is 1. The van der Waals surface area contributed by atoms with E-state index in [0.717, 1.165) is 11.3 Å². The van der Waals surface area contributed by atoms with Crippen LogP contribution in [0, 0.1) is 0 Å². The van der Waals surface area contributed by atoms with Gasteiger partial charge in [-0.05, 0) is 48.4 Å². The number of methoxy groups -OCH3 is 2. The van der Waals surface area contributed by atoms with Crippen molar-refractivity contribution in [2.75, 3.05) is 32.6 Å². The molecule has 0 saturated carbocycles. The van der Waals surface area contributed by atoms with Gasteiger partial charge in [0.1, 0.15) is 5.75 Å². The van der Waals surface area contributed by atoms with Gasteiger partial charge in [-0.3, -0.25) is 9.59 Å². The molecule has 0 unspecified atom stereocenters. The number of anilines is 1. The van der Waals surface area contributed by atoms with Crippen LogP contribution in [0.15, 0.2) is 48.5 Å². The van der Waals surface area contributed by atoms with E-state index in [1.54, 1.807) is 31.4 Å². The number of amides is 2. The minimum Gasteiger partial charge on any atom is -0.497 e. The van der Waals surface area contributed by atoms with E-state index in [4.69, 9.17) is 4.74 Å². The van der Waals surface area contributed by atoms with Crippen molar-refractivity contribution in [2.45, 2.75) is 13.3 Å². The standard InChI is InChI=1S/C21H24N2O5/c1-15(24)23(12-11-16-5-4-6-19(13-16)27-2)14-20(25)22-18-9-7-17(8-10-18)21(26)28-3/h4-10,13H,11-12,14H2,1-3H3,(H,22,25). The molecule has 0 aromatic heterocycles. The average Bonchev–Trinajstić information content (AvgIpc) is 2.71. The van der Waals surface area contributed by atoms with Crippen molar-refractivity contribution in [1.82, 2.24) is 4.90 Å². The van der Waals surface area contributed by atoms with Crippen LogP contribution in [0.1, 0.15) is 22.8 Å². The molecular weight excluding hydrogens is 360 g/mol. The minimum atomic E-state index is -0.446. The quantitative estimate of drug-likeness (QED) is 0.707. The van der Waals surface area contributed by atoms with Gasteiger partial charge < -0.3 is 19.7 Å². The van der Waals surface area contributed by atoms with E-state index in [1.165, 1.54) is 18.9 Å². The zero-order chi connectivity index (χ0) is 20.5. The number of nitrogens with one attached hydrogen (secondary N) is 1. The summed E-state index contributed by atoms with van der Waals surface area (Å²) in [6.07, 6.45) is 0.609. The highest BCUT2D eigenvalue weighted by Crippen LogP contribution is 2.14. The van der Waals surface area contributed by atoms with Gasteiger partial charge >= 0.3 is 5.97 Å². The molecule has 2 aromatic rings. The molecule has 28 heavy (non-hydrogen) atoms. The highest BCUT2D eigenvalue weighted by molar-refractivity contribution is 5.95. The van der Waals surface area contributed by atoms with Gasteiger partial charge in [-0.2, -0.15) is 0 Å². The Hall–Kier alpha value is -3.35. The largest absolute Gasteiger partial charge is 0.497 e. The molecule has 1 N–H and O–H groups in total. The molecule has 0 bridgehead atoms. The molecule has 7 nitrogen and oxygen atoms in total. The third-order valence-corrected chi connectivity index (χ3v) is 4.17. The van der Waals surface area contributed by atoms with Crippen LogP contribution in [0.3, 0.4) is 0 Å². The molecule has 148 valence electrons. The van der Waals surface area contributed by atoms with Crippen LogP contribution in [-0.2, 0) is 20.7 Å². The lowest BCUT2D eigenvalue weighted by Crippen LogP contribution is -2.38. The number of nitrogens with zero attached hydrogens (tertiary/aromatic N) is 1. The first-order chi connectivity index (χ1) is 13.4. The molecule has 2 rings (SSSR count). The smallest absolute Gasteiger partial charge is 0.337 e. The second-order valence-corrected chi connectivity index (χ2v) is 6.16. The molecule has 0 aliphatic heterocycles. The van der Waals surface area contributed by atoms with Gasteiger partial charge in [-0.25, -0.2) is 4.79 Å². The molecule has 0 heterocycles. The Kier molecular flexibility index (Phi) is 7.56. The van der Waals surface area contributed by atoms with Crippen molar-refractivity contribution in [1.29, 1.82) is 0 Å². The fourth-order valence-electron chi connectivity index (χ4n) is 2.62. The Morgan fingerprint density at radius 3 is 2.36 bits per heavy atom. The van der Waals surface area contributed by atoms with E-state index in [1.807, 2.05) is 24.3 Å². The predicted molar refractivity (Wildman–Crippen MR) is 105 cm³/mol. The number of rotatable bonds is 8. The Bertz CT molecular complexity index is 833. The number of ether oxygens (including phenoxy) is 2. The fraction of sp³-hybridized carbons (Fsp3) is 0.286. The summed E-state index contributed by atoms with van der Waals surface area (Å²) in [5.41, 5.74) is 1.95. The molecule has 2 amide bonds. The maximum atomic E-state index is 12.3. The predicted octanol–water partition coefficient (Wildman–Crippen LogP) is 2.51. The zero-order valence-corrected chi connectivity index (χ0v) is 16.2. The van der Waals surface area contributed by atoms with E-state index in [0.29, 0.717) is 24.2 Å². The maximum absolute atomic E-state index is 12.3.